The Kier molecular flexibility index (Phi) is 4.28. The summed E-state index contributed by atoms with van der Waals surface area (Å²) in [7, 11) is 0. The van der Waals surface area contributed by atoms with E-state index in [1.54, 1.807) is 12.4 Å². The molecule has 4 heteroatoms. The highest BCUT2D eigenvalue weighted by Crippen LogP contribution is 2.25. The second-order valence-corrected chi connectivity index (χ2v) is 5.86. The van der Waals surface area contributed by atoms with Crippen LogP contribution < -0.4 is 5.32 Å². The van der Waals surface area contributed by atoms with Crippen LogP contribution in [0.5, 0.6) is 0 Å². The maximum atomic E-state index is 4.32. The van der Waals surface area contributed by atoms with Crippen molar-refractivity contribution in [3.8, 4) is 0 Å². The van der Waals surface area contributed by atoms with E-state index >= 15 is 0 Å². The van der Waals surface area contributed by atoms with Crippen molar-refractivity contribution in [2.24, 2.45) is 0 Å². The van der Waals surface area contributed by atoms with Crippen molar-refractivity contribution < 1.29 is 0 Å². The highest BCUT2D eigenvalue weighted by atomic mass is 15.2. The van der Waals surface area contributed by atoms with Gasteiger partial charge in [-0.25, -0.2) is 4.98 Å². The van der Waals surface area contributed by atoms with Crippen molar-refractivity contribution in [1.29, 1.82) is 0 Å². The minimum absolute atomic E-state index is 0.535. The first-order chi connectivity index (χ1) is 9.42. The molecule has 19 heavy (non-hydrogen) atoms. The van der Waals surface area contributed by atoms with Gasteiger partial charge in [0, 0.05) is 31.0 Å². The summed E-state index contributed by atoms with van der Waals surface area (Å²) in [5.74, 6) is 0.915. The molecule has 0 amide bonds. The summed E-state index contributed by atoms with van der Waals surface area (Å²) in [6.07, 6.45) is 14.9. The standard InChI is InChI=1S/C15H24N4/c1-2-6-14(7-3-1)19-10-4-5-13(12-19)18-15-11-16-8-9-17-15/h8-9,11,13-14H,1-7,10,12H2,(H,17,18). The second kappa shape index (κ2) is 6.33. The van der Waals surface area contributed by atoms with Gasteiger partial charge in [0.25, 0.3) is 0 Å². The summed E-state index contributed by atoms with van der Waals surface area (Å²) in [6.45, 7) is 2.45. The van der Waals surface area contributed by atoms with Crippen LogP contribution in [-0.4, -0.2) is 40.0 Å². The Labute approximate surface area is 115 Å². The molecule has 2 fully saturated rings. The maximum Gasteiger partial charge on any atom is 0.144 e. The third-order valence-corrected chi connectivity index (χ3v) is 4.46. The summed E-state index contributed by atoms with van der Waals surface area (Å²) in [4.78, 5) is 11.1. The van der Waals surface area contributed by atoms with E-state index in [2.05, 4.69) is 20.2 Å². The van der Waals surface area contributed by atoms with E-state index in [1.165, 1.54) is 58.0 Å². The molecule has 1 aromatic rings. The molecule has 104 valence electrons. The fourth-order valence-corrected chi connectivity index (χ4v) is 3.48. The zero-order chi connectivity index (χ0) is 12.9. The highest BCUT2D eigenvalue weighted by molar-refractivity contribution is 5.31. The molecule has 1 saturated heterocycles. The topological polar surface area (TPSA) is 41.1 Å². The zero-order valence-corrected chi connectivity index (χ0v) is 11.6. The normalized spacial score (nSPS) is 26.2. The molecule has 3 rings (SSSR count). The van der Waals surface area contributed by atoms with Crippen molar-refractivity contribution >= 4 is 5.82 Å². The molecule has 1 aliphatic carbocycles. The van der Waals surface area contributed by atoms with Gasteiger partial charge in [0.05, 0.1) is 6.20 Å². The summed E-state index contributed by atoms with van der Waals surface area (Å²) in [6, 6.07) is 1.37. The van der Waals surface area contributed by atoms with Crippen LogP contribution in [0.3, 0.4) is 0 Å². The van der Waals surface area contributed by atoms with Crippen LogP contribution in [0.4, 0.5) is 5.82 Å². The lowest BCUT2D eigenvalue weighted by molar-refractivity contribution is 0.124. The number of piperidine rings is 1. The number of anilines is 1. The molecule has 0 bridgehead atoms. The van der Waals surface area contributed by atoms with Crippen LogP contribution in [0.15, 0.2) is 18.6 Å². The van der Waals surface area contributed by atoms with Gasteiger partial charge in [-0.15, -0.1) is 0 Å². The van der Waals surface area contributed by atoms with Gasteiger partial charge in [-0.1, -0.05) is 19.3 Å². The lowest BCUT2D eigenvalue weighted by Gasteiger charge is -2.40. The zero-order valence-electron chi connectivity index (χ0n) is 11.6. The van der Waals surface area contributed by atoms with E-state index in [1.807, 2.05) is 6.20 Å². The Morgan fingerprint density at radius 3 is 2.74 bits per heavy atom. The van der Waals surface area contributed by atoms with E-state index in [4.69, 9.17) is 0 Å². The van der Waals surface area contributed by atoms with Crippen LogP contribution in [0.2, 0.25) is 0 Å². The van der Waals surface area contributed by atoms with Crippen molar-refractivity contribution in [3.63, 3.8) is 0 Å². The van der Waals surface area contributed by atoms with Crippen LogP contribution in [0.25, 0.3) is 0 Å². The quantitative estimate of drug-likeness (QED) is 0.907. The molecule has 1 unspecified atom stereocenters. The predicted molar refractivity (Wildman–Crippen MR) is 77.1 cm³/mol. The van der Waals surface area contributed by atoms with E-state index < -0.39 is 0 Å². The molecule has 1 atom stereocenters. The number of nitrogens with one attached hydrogen (secondary N) is 1. The van der Waals surface area contributed by atoms with Crippen molar-refractivity contribution in [3.05, 3.63) is 18.6 Å². The summed E-state index contributed by atoms with van der Waals surface area (Å²) in [5, 5.41) is 3.53. The molecule has 1 aromatic heterocycles. The molecule has 1 N–H and O–H groups in total. The van der Waals surface area contributed by atoms with Crippen LogP contribution in [0.1, 0.15) is 44.9 Å². The third kappa shape index (κ3) is 3.44. The fraction of sp³-hybridized carbons (Fsp3) is 0.733. The van der Waals surface area contributed by atoms with Gasteiger partial charge >= 0.3 is 0 Å². The van der Waals surface area contributed by atoms with E-state index in [9.17, 15) is 0 Å². The first-order valence-corrected chi connectivity index (χ1v) is 7.68. The third-order valence-electron chi connectivity index (χ3n) is 4.46. The van der Waals surface area contributed by atoms with Gasteiger partial charge in [0.1, 0.15) is 5.82 Å². The Morgan fingerprint density at radius 2 is 1.95 bits per heavy atom. The highest BCUT2D eigenvalue weighted by Gasteiger charge is 2.26. The molecular formula is C15H24N4. The molecule has 4 nitrogen and oxygen atoms in total. The number of rotatable bonds is 3. The number of hydrogen-bond donors (Lipinski definition) is 1. The smallest absolute Gasteiger partial charge is 0.144 e. The van der Waals surface area contributed by atoms with Crippen LogP contribution >= 0.6 is 0 Å². The summed E-state index contributed by atoms with van der Waals surface area (Å²) >= 11 is 0. The Balaban J connectivity index is 1.55. The first-order valence-electron chi connectivity index (χ1n) is 7.68. The van der Waals surface area contributed by atoms with Gasteiger partial charge in [-0.2, -0.15) is 0 Å². The van der Waals surface area contributed by atoms with Crippen molar-refractivity contribution in [2.45, 2.75) is 57.0 Å². The SMILES string of the molecule is c1cnc(NC2CCCN(C3CCCCC3)C2)cn1. The molecule has 0 aromatic carbocycles. The summed E-state index contributed by atoms with van der Waals surface area (Å²) < 4.78 is 0. The lowest BCUT2D eigenvalue weighted by Crippen LogP contribution is -2.47. The van der Waals surface area contributed by atoms with Crippen molar-refractivity contribution in [1.82, 2.24) is 14.9 Å². The maximum absolute atomic E-state index is 4.32. The minimum atomic E-state index is 0.535. The summed E-state index contributed by atoms with van der Waals surface area (Å²) in [5.41, 5.74) is 0. The molecule has 2 heterocycles. The van der Waals surface area contributed by atoms with Crippen LogP contribution in [0, 0.1) is 0 Å². The molecular weight excluding hydrogens is 236 g/mol. The van der Waals surface area contributed by atoms with Gasteiger partial charge in [-0.3, -0.25) is 9.88 Å². The Bertz CT molecular complexity index is 375. The lowest BCUT2D eigenvalue weighted by atomic mass is 9.92. The monoisotopic (exact) mass is 260 g/mol. The van der Waals surface area contributed by atoms with E-state index in [0.717, 1.165) is 11.9 Å². The average molecular weight is 260 g/mol. The van der Waals surface area contributed by atoms with Gasteiger partial charge < -0.3 is 5.32 Å². The second-order valence-electron chi connectivity index (χ2n) is 5.86. The molecule has 1 aliphatic heterocycles. The van der Waals surface area contributed by atoms with Crippen LogP contribution in [-0.2, 0) is 0 Å². The Hall–Kier alpha value is -1.16. The molecule has 0 radical (unpaired) electrons. The molecule has 2 aliphatic rings. The van der Waals surface area contributed by atoms with Gasteiger partial charge in [0.15, 0.2) is 0 Å². The van der Waals surface area contributed by atoms with E-state index in [-0.39, 0.29) is 0 Å². The van der Waals surface area contributed by atoms with Gasteiger partial charge in [0.2, 0.25) is 0 Å². The minimum Gasteiger partial charge on any atom is -0.365 e. The molecule has 1 saturated carbocycles. The largest absolute Gasteiger partial charge is 0.365 e. The number of likely N-dealkylation sites (tertiary alicyclic amines) is 1. The fourth-order valence-electron chi connectivity index (χ4n) is 3.48. The van der Waals surface area contributed by atoms with E-state index in [0.29, 0.717) is 6.04 Å². The number of nitrogens with zero attached hydrogens (tertiary/aromatic N) is 3. The first kappa shape index (κ1) is 12.9. The number of hydrogen-bond acceptors (Lipinski definition) is 4. The Morgan fingerprint density at radius 1 is 1.05 bits per heavy atom. The molecule has 0 spiro atoms. The van der Waals surface area contributed by atoms with Crippen molar-refractivity contribution in [2.75, 3.05) is 18.4 Å². The predicted octanol–water partition coefficient (Wildman–Crippen LogP) is 2.69. The van der Waals surface area contributed by atoms with Gasteiger partial charge in [-0.05, 0) is 32.2 Å². The average Bonchev–Trinajstić information content (AvgIpc) is 2.49. The number of aromatic nitrogens is 2.